The fourth-order valence-corrected chi connectivity index (χ4v) is 2.20. The Balaban J connectivity index is 0.00000200. The van der Waals surface area contributed by atoms with Crippen LogP contribution in [-0.2, 0) is 0 Å². The SMILES string of the molecule is CN1CCN(c2cccc(C(=O)O)c2[N+](=O)[O-])CC1.Cl. The van der Waals surface area contributed by atoms with Crippen LogP contribution in [-0.4, -0.2) is 54.1 Å². The average molecular weight is 302 g/mol. The van der Waals surface area contributed by atoms with Crippen molar-refractivity contribution in [2.24, 2.45) is 0 Å². The Kier molecular flexibility index (Phi) is 5.29. The summed E-state index contributed by atoms with van der Waals surface area (Å²) < 4.78 is 0. The third-order valence-corrected chi connectivity index (χ3v) is 3.27. The van der Waals surface area contributed by atoms with Crippen molar-refractivity contribution >= 4 is 29.8 Å². The summed E-state index contributed by atoms with van der Waals surface area (Å²) in [7, 11) is 1.99. The Bertz CT molecular complexity index is 515. The van der Waals surface area contributed by atoms with Crippen LogP contribution < -0.4 is 4.90 Å². The number of aromatic carboxylic acids is 1. The molecule has 1 N–H and O–H groups in total. The molecule has 8 heteroatoms. The van der Waals surface area contributed by atoms with Crippen LogP contribution in [0.25, 0.3) is 0 Å². The Morgan fingerprint density at radius 2 is 1.90 bits per heavy atom. The van der Waals surface area contributed by atoms with E-state index < -0.39 is 10.9 Å². The van der Waals surface area contributed by atoms with E-state index in [1.165, 1.54) is 6.07 Å². The molecule has 0 aliphatic carbocycles. The first-order valence-corrected chi connectivity index (χ1v) is 5.95. The summed E-state index contributed by atoms with van der Waals surface area (Å²) in [4.78, 5) is 25.6. The lowest BCUT2D eigenvalue weighted by Crippen LogP contribution is -2.44. The molecule has 0 saturated carbocycles. The molecule has 0 amide bonds. The van der Waals surface area contributed by atoms with E-state index in [1.807, 2.05) is 11.9 Å². The van der Waals surface area contributed by atoms with Gasteiger partial charge < -0.3 is 14.9 Å². The summed E-state index contributed by atoms with van der Waals surface area (Å²) >= 11 is 0. The molecule has 1 aliphatic rings. The number of nitro benzene ring substituents is 1. The van der Waals surface area contributed by atoms with Crippen molar-refractivity contribution in [3.05, 3.63) is 33.9 Å². The molecule has 7 nitrogen and oxygen atoms in total. The molecular formula is C12H16ClN3O4. The average Bonchev–Trinajstić information content (AvgIpc) is 2.38. The first kappa shape index (κ1) is 16.2. The number of carboxylic acids is 1. The first-order chi connectivity index (χ1) is 9.00. The van der Waals surface area contributed by atoms with Gasteiger partial charge in [-0.05, 0) is 19.2 Å². The fraction of sp³-hybridized carbons (Fsp3) is 0.417. The van der Waals surface area contributed by atoms with Crippen molar-refractivity contribution in [3.8, 4) is 0 Å². The number of piperazine rings is 1. The summed E-state index contributed by atoms with van der Waals surface area (Å²) in [5.74, 6) is -1.28. The number of carbonyl (C=O) groups is 1. The molecule has 1 fully saturated rings. The normalized spacial score (nSPS) is 15.6. The standard InChI is InChI=1S/C12H15N3O4.ClH/c1-13-5-7-14(8-6-13)10-4-2-3-9(12(16)17)11(10)15(18)19;/h2-4H,5-8H2,1H3,(H,16,17);1H. The van der Waals surface area contributed by atoms with Gasteiger partial charge in [0.1, 0.15) is 11.3 Å². The second-order valence-corrected chi connectivity index (χ2v) is 4.53. The zero-order chi connectivity index (χ0) is 14.0. The third-order valence-electron chi connectivity index (χ3n) is 3.27. The van der Waals surface area contributed by atoms with Crippen molar-refractivity contribution in [3.63, 3.8) is 0 Å². The van der Waals surface area contributed by atoms with Gasteiger partial charge in [-0.1, -0.05) is 6.07 Å². The molecule has 20 heavy (non-hydrogen) atoms. The number of para-hydroxylation sites is 1. The summed E-state index contributed by atoms with van der Waals surface area (Å²) in [6.45, 7) is 2.91. The second-order valence-electron chi connectivity index (χ2n) is 4.53. The monoisotopic (exact) mass is 301 g/mol. The number of hydrogen-bond donors (Lipinski definition) is 1. The topological polar surface area (TPSA) is 86.9 Å². The highest BCUT2D eigenvalue weighted by Gasteiger charge is 2.28. The zero-order valence-corrected chi connectivity index (χ0v) is 11.8. The summed E-state index contributed by atoms with van der Waals surface area (Å²) in [5.41, 5.74) is -0.195. The third kappa shape index (κ3) is 3.17. The lowest BCUT2D eigenvalue weighted by Gasteiger charge is -2.33. The Labute approximate surface area is 122 Å². The van der Waals surface area contributed by atoms with Crippen LogP contribution in [0.1, 0.15) is 10.4 Å². The maximum Gasteiger partial charge on any atom is 0.342 e. The molecule has 0 spiro atoms. The van der Waals surface area contributed by atoms with E-state index in [1.54, 1.807) is 12.1 Å². The Morgan fingerprint density at radius 1 is 1.30 bits per heavy atom. The van der Waals surface area contributed by atoms with Gasteiger partial charge >= 0.3 is 11.7 Å². The highest BCUT2D eigenvalue weighted by atomic mass is 35.5. The highest BCUT2D eigenvalue weighted by molar-refractivity contribution is 5.95. The molecule has 1 saturated heterocycles. The molecule has 1 aromatic carbocycles. The number of hydrogen-bond acceptors (Lipinski definition) is 5. The lowest BCUT2D eigenvalue weighted by atomic mass is 10.1. The van der Waals surface area contributed by atoms with Crippen LogP contribution in [0.3, 0.4) is 0 Å². The van der Waals surface area contributed by atoms with E-state index in [-0.39, 0.29) is 23.7 Å². The van der Waals surface area contributed by atoms with E-state index in [0.29, 0.717) is 18.8 Å². The molecule has 0 aromatic heterocycles. The number of halogens is 1. The van der Waals surface area contributed by atoms with Crippen molar-refractivity contribution in [2.45, 2.75) is 0 Å². The van der Waals surface area contributed by atoms with Crippen molar-refractivity contribution < 1.29 is 14.8 Å². The molecule has 1 aliphatic heterocycles. The number of anilines is 1. The number of likely N-dealkylation sites (N-methyl/N-ethyl adjacent to an activating group) is 1. The van der Waals surface area contributed by atoms with Crippen molar-refractivity contribution in [1.82, 2.24) is 4.90 Å². The first-order valence-electron chi connectivity index (χ1n) is 5.95. The van der Waals surface area contributed by atoms with Crippen LogP contribution in [0.15, 0.2) is 18.2 Å². The maximum absolute atomic E-state index is 11.2. The highest BCUT2D eigenvalue weighted by Crippen LogP contribution is 2.32. The second kappa shape index (κ2) is 6.53. The summed E-state index contributed by atoms with van der Waals surface area (Å²) in [5, 5.41) is 20.2. The van der Waals surface area contributed by atoms with Crippen LogP contribution >= 0.6 is 12.4 Å². The Morgan fingerprint density at radius 3 is 2.40 bits per heavy atom. The lowest BCUT2D eigenvalue weighted by molar-refractivity contribution is -0.384. The minimum Gasteiger partial charge on any atom is -0.477 e. The van der Waals surface area contributed by atoms with Gasteiger partial charge in [0.05, 0.1) is 4.92 Å². The van der Waals surface area contributed by atoms with E-state index in [9.17, 15) is 14.9 Å². The summed E-state index contributed by atoms with van der Waals surface area (Å²) in [6, 6.07) is 4.42. The van der Waals surface area contributed by atoms with Crippen molar-refractivity contribution in [2.75, 3.05) is 38.1 Å². The van der Waals surface area contributed by atoms with Gasteiger partial charge in [-0.25, -0.2) is 4.79 Å². The molecule has 0 radical (unpaired) electrons. The zero-order valence-electron chi connectivity index (χ0n) is 11.0. The van der Waals surface area contributed by atoms with Crippen LogP contribution in [0.4, 0.5) is 11.4 Å². The predicted molar refractivity (Wildman–Crippen MR) is 77.0 cm³/mol. The predicted octanol–water partition coefficient (Wildman–Crippen LogP) is 1.47. The number of benzene rings is 1. The molecule has 0 bridgehead atoms. The largest absolute Gasteiger partial charge is 0.477 e. The smallest absolute Gasteiger partial charge is 0.342 e. The van der Waals surface area contributed by atoms with E-state index in [0.717, 1.165) is 13.1 Å². The van der Waals surface area contributed by atoms with Crippen LogP contribution in [0, 0.1) is 10.1 Å². The van der Waals surface area contributed by atoms with Gasteiger partial charge in [0.25, 0.3) is 0 Å². The molecule has 2 rings (SSSR count). The molecule has 0 atom stereocenters. The van der Waals surface area contributed by atoms with Crippen LogP contribution in [0.5, 0.6) is 0 Å². The Hall–Kier alpha value is -1.86. The molecule has 0 unspecified atom stereocenters. The quantitative estimate of drug-likeness (QED) is 0.672. The number of nitrogens with zero attached hydrogens (tertiary/aromatic N) is 3. The van der Waals surface area contributed by atoms with Gasteiger partial charge in [0, 0.05) is 26.2 Å². The molecular weight excluding hydrogens is 286 g/mol. The molecule has 110 valence electrons. The number of rotatable bonds is 3. The minimum absolute atomic E-state index is 0. The number of carboxylic acid groups (broad SMARTS) is 1. The molecule has 1 aromatic rings. The van der Waals surface area contributed by atoms with Gasteiger partial charge in [0.15, 0.2) is 0 Å². The number of nitro groups is 1. The van der Waals surface area contributed by atoms with Crippen molar-refractivity contribution in [1.29, 1.82) is 0 Å². The van der Waals surface area contributed by atoms with Gasteiger partial charge in [0.2, 0.25) is 0 Å². The van der Waals surface area contributed by atoms with Crippen LogP contribution in [0.2, 0.25) is 0 Å². The van der Waals surface area contributed by atoms with Gasteiger partial charge in [-0.15, -0.1) is 12.4 Å². The van der Waals surface area contributed by atoms with Gasteiger partial charge in [-0.3, -0.25) is 10.1 Å². The van der Waals surface area contributed by atoms with Gasteiger partial charge in [-0.2, -0.15) is 0 Å². The van der Waals surface area contributed by atoms with E-state index in [4.69, 9.17) is 5.11 Å². The fourth-order valence-electron chi connectivity index (χ4n) is 2.20. The molecule has 1 heterocycles. The summed E-state index contributed by atoms with van der Waals surface area (Å²) in [6.07, 6.45) is 0. The maximum atomic E-state index is 11.2. The van der Waals surface area contributed by atoms with E-state index in [2.05, 4.69) is 4.90 Å². The minimum atomic E-state index is -1.28. The van der Waals surface area contributed by atoms with E-state index >= 15 is 0 Å².